The van der Waals surface area contributed by atoms with Gasteiger partial charge in [0.05, 0.1) is 39.5 Å². The molecule has 0 saturated heterocycles. The first-order valence-corrected chi connectivity index (χ1v) is 10.6. The number of ether oxygens (including phenoxy) is 2. The van der Waals surface area contributed by atoms with Crippen LogP contribution < -0.4 is 20.3 Å². The van der Waals surface area contributed by atoms with Gasteiger partial charge in [0.15, 0.2) is 0 Å². The molecule has 0 radical (unpaired) electrons. The minimum absolute atomic E-state index is 0.212. The number of carbonyl (C=O) groups is 2. The molecule has 0 spiro atoms. The third-order valence-electron chi connectivity index (χ3n) is 4.79. The number of carbonyl (C=O) groups excluding carboxylic acids is 2. The van der Waals surface area contributed by atoms with Gasteiger partial charge in [-0.05, 0) is 46.5 Å². The molecule has 2 N–H and O–H groups in total. The molecule has 3 aromatic carbocycles. The number of rotatable bonds is 10. The minimum atomic E-state index is -0.212. The van der Waals surface area contributed by atoms with E-state index in [2.05, 4.69) is 21.1 Å². The van der Waals surface area contributed by atoms with Crippen LogP contribution in [-0.4, -0.2) is 38.5 Å². The number of hydrazone groups is 2. The fourth-order valence-electron chi connectivity index (χ4n) is 2.96. The van der Waals surface area contributed by atoms with E-state index in [4.69, 9.17) is 9.47 Å². The maximum Gasteiger partial charge on any atom is 0.244 e. The molecule has 0 bridgehead atoms. The number of nitrogens with zero attached hydrogens (tertiary/aromatic N) is 2. The Bertz CT molecular complexity index is 1050. The van der Waals surface area contributed by atoms with E-state index in [1.54, 1.807) is 26.6 Å². The Balaban J connectivity index is 1.41. The summed E-state index contributed by atoms with van der Waals surface area (Å²) in [7, 11) is 3.19. The van der Waals surface area contributed by atoms with E-state index in [1.165, 1.54) is 0 Å². The molecular formula is C26H26N4O4. The van der Waals surface area contributed by atoms with Crippen molar-refractivity contribution in [2.75, 3.05) is 14.2 Å². The molecule has 0 heterocycles. The first-order chi connectivity index (χ1) is 16.6. The molecule has 8 nitrogen and oxygen atoms in total. The maximum absolute atomic E-state index is 12.0. The van der Waals surface area contributed by atoms with E-state index in [9.17, 15) is 9.59 Å². The van der Waals surface area contributed by atoms with Crippen LogP contribution in [0.3, 0.4) is 0 Å². The zero-order valence-corrected chi connectivity index (χ0v) is 19.0. The zero-order chi connectivity index (χ0) is 24.2. The summed E-state index contributed by atoms with van der Waals surface area (Å²) in [5, 5.41) is 7.98. The highest BCUT2D eigenvalue weighted by atomic mass is 16.5. The van der Waals surface area contributed by atoms with Gasteiger partial charge in [0, 0.05) is 0 Å². The number of amides is 2. The summed E-state index contributed by atoms with van der Waals surface area (Å²) in [6.45, 7) is 0. The number of hydrogen-bond donors (Lipinski definition) is 2. The molecule has 3 rings (SSSR count). The highest BCUT2D eigenvalue weighted by Gasteiger charge is 2.03. The fourth-order valence-corrected chi connectivity index (χ4v) is 2.96. The van der Waals surface area contributed by atoms with Crippen molar-refractivity contribution in [1.82, 2.24) is 10.9 Å². The number of hydrogen-bond acceptors (Lipinski definition) is 6. The van der Waals surface area contributed by atoms with Gasteiger partial charge in [-0.25, -0.2) is 10.9 Å². The molecule has 0 unspecified atom stereocenters. The molecule has 0 aliphatic heterocycles. The van der Waals surface area contributed by atoms with Crippen LogP contribution in [0.2, 0.25) is 0 Å². The minimum Gasteiger partial charge on any atom is -0.497 e. The maximum atomic E-state index is 12.0. The lowest BCUT2D eigenvalue weighted by atomic mass is 10.1. The van der Waals surface area contributed by atoms with Crippen molar-refractivity contribution in [3.63, 3.8) is 0 Å². The molecular weight excluding hydrogens is 432 g/mol. The van der Waals surface area contributed by atoms with Gasteiger partial charge in [-0.15, -0.1) is 0 Å². The van der Waals surface area contributed by atoms with Gasteiger partial charge in [0.25, 0.3) is 0 Å². The second kappa shape index (κ2) is 12.5. The molecule has 3 aromatic rings. The lowest BCUT2D eigenvalue weighted by Gasteiger charge is -2.03. The first-order valence-electron chi connectivity index (χ1n) is 10.6. The molecule has 0 fully saturated rings. The van der Waals surface area contributed by atoms with Gasteiger partial charge in [-0.3, -0.25) is 9.59 Å². The average Bonchev–Trinajstić information content (AvgIpc) is 2.86. The van der Waals surface area contributed by atoms with E-state index < -0.39 is 0 Å². The number of nitrogens with one attached hydrogen (secondary N) is 2. The lowest BCUT2D eigenvalue weighted by molar-refractivity contribution is -0.121. The van der Waals surface area contributed by atoms with Crippen molar-refractivity contribution >= 4 is 24.2 Å². The Morgan fingerprint density at radius 3 is 1.32 bits per heavy atom. The van der Waals surface area contributed by atoms with E-state index in [1.807, 2.05) is 72.8 Å². The predicted octanol–water partition coefficient (Wildman–Crippen LogP) is 3.09. The van der Waals surface area contributed by atoms with E-state index in [0.717, 1.165) is 33.8 Å². The number of methoxy groups -OCH3 is 2. The molecule has 0 saturated carbocycles. The van der Waals surface area contributed by atoms with Crippen molar-refractivity contribution in [3.8, 4) is 11.5 Å². The topological polar surface area (TPSA) is 101 Å². The predicted molar refractivity (Wildman–Crippen MR) is 131 cm³/mol. The average molecular weight is 459 g/mol. The molecule has 0 aliphatic rings. The number of benzene rings is 3. The summed E-state index contributed by atoms with van der Waals surface area (Å²) >= 11 is 0. The third-order valence-corrected chi connectivity index (χ3v) is 4.79. The van der Waals surface area contributed by atoms with Crippen LogP contribution in [-0.2, 0) is 22.4 Å². The van der Waals surface area contributed by atoms with Crippen LogP contribution in [0.15, 0.2) is 83.0 Å². The zero-order valence-electron chi connectivity index (χ0n) is 19.0. The summed E-state index contributed by atoms with van der Waals surface area (Å²) in [6.07, 6.45) is 3.56. The second-order valence-electron chi connectivity index (χ2n) is 7.30. The summed E-state index contributed by atoms with van der Waals surface area (Å²) in [5.41, 5.74) is 8.39. The smallest absolute Gasteiger partial charge is 0.244 e. The van der Waals surface area contributed by atoms with Crippen LogP contribution in [0, 0.1) is 0 Å². The Morgan fingerprint density at radius 1 is 0.647 bits per heavy atom. The van der Waals surface area contributed by atoms with Crippen molar-refractivity contribution in [1.29, 1.82) is 0 Å². The van der Waals surface area contributed by atoms with Crippen molar-refractivity contribution in [2.45, 2.75) is 12.8 Å². The van der Waals surface area contributed by atoms with Crippen molar-refractivity contribution < 1.29 is 19.1 Å². The van der Waals surface area contributed by atoms with Crippen LogP contribution in [0.1, 0.15) is 22.3 Å². The van der Waals surface area contributed by atoms with Gasteiger partial charge in [0.2, 0.25) is 11.8 Å². The Hall–Kier alpha value is -4.46. The lowest BCUT2D eigenvalue weighted by Crippen LogP contribution is -2.19. The van der Waals surface area contributed by atoms with Gasteiger partial charge in [0.1, 0.15) is 11.5 Å². The fraction of sp³-hybridized carbons (Fsp3) is 0.154. The highest BCUT2D eigenvalue weighted by molar-refractivity contribution is 5.86. The second-order valence-corrected chi connectivity index (χ2v) is 7.30. The SMILES string of the molecule is COc1ccc(CC(=O)NN=Cc2ccc(C=NNC(=O)Cc3ccc(OC)cc3)cc2)cc1. The molecule has 8 heteroatoms. The van der Waals surface area contributed by atoms with E-state index >= 15 is 0 Å². The normalized spacial score (nSPS) is 10.9. The van der Waals surface area contributed by atoms with E-state index in [0.29, 0.717) is 0 Å². The molecule has 174 valence electrons. The van der Waals surface area contributed by atoms with Crippen LogP contribution in [0.4, 0.5) is 0 Å². The van der Waals surface area contributed by atoms with Crippen molar-refractivity contribution in [2.24, 2.45) is 10.2 Å². The Kier molecular flexibility index (Phi) is 8.92. The van der Waals surface area contributed by atoms with Crippen LogP contribution >= 0.6 is 0 Å². The van der Waals surface area contributed by atoms with Gasteiger partial charge in [-0.1, -0.05) is 48.5 Å². The molecule has 0 aromatic heterocycles. The molecule has 0 aliphatic carbocycles. The monoisotopic (exact) mass is 458 g/mol. The largest absolute Gasteiger partial charge is 0.497 e. The highest BCUT2D eigenvalue weighted by Crippen LogP contribution is 2.12. The third kappa shape index (κ3) is 7.90. The van der Waals surface area contributed by atoms with Crippen LogP contribution in [0.25, 0.3) is 0 Å². The van der Waals surface area contributed by atoms with Crippen molar-refractivity contribution in [3.05, 3.63) is 95.1 Å². The van der Waals surface area contributed by atoms with Gasteiger partial charge >= 0.3 is 0 Å². The Morgan fingerprint density at radius 2 is 1.00 bits per heavy atom. The van der Waals surface area contributed by atoms with Gasteiger partial charge in [-0.2, -0.15) is 10.2 Å². The van der Waals surface area contributed by atoms with E-state index in [-0.39, 0.29) is 24.7 Å². The Labute approximate surface area is 198 Å². The summed E-state index contributed by atoms with van der Waals surface area (Å²) < 4.78 is 10.2. The summed E-state index contributed by atoms with van der Waals surface area (Å²) in [4.78, 5) is 24.0. The standard InChI is InChI=1S/C26H26N4O4/c1-33-23-11-7-19(8-12-23)15-25(31)29-27-17-21-3-5-22(6-4-21)18-28-30-26(32)16-20-9-13-24(34-2)14-10-20/h3-14,17-18H,15-16H2,1-2H3,(H,29,31)(H,30,32). The quantitative estimate of drug-likeness (QED) is 0.360. The van der Waals surface area contributed by atoms with Crippen LogP contribution in [0.5, 0.6) is 11.5 Å². The molecule has 34 heavy (non-hydrogen) atoms. The summed E-state index contributed by atoms with van der Waals surface area (Å²) in [6, 6.07) is 21.9. The molecule has 2 amide bonds. The first kappa shape index (κ1) is 24.2. The molecule has 0 atom stereocenters. The summed E-state index contributed by atoms with van der Waals surface area (Å²) in [5.74, 6) is 1.06. The van der Waals surface area contributed by atoms with Gasteiger partial charge < -0.3 is 9.47 Å².